The van der Waals surface area contributed by atoms with E-state index in [0.717, 1.165) is 12.8 Å². The van der Waals surface area contributed by atoms with Crippen LogP contribution in [0.4, 0.5) is 0 Å². The first kappa shape index (κ1) is 13.6. The lowest BCUT2D eigenvalue weighted by Crippen LogP contribution is -2.14. The van der Waals surface area contributed by atoms with Crippen LogP contribution in [0.25, 0.3) is 0 Å². The van der Waals surface area contributed by atoms with Gasteiger partial charge in [0.15, 0.2) is 11.1 Å². The predicted molar refractivity (Wildman–Crippen MR) is 75.5 cm³/mol. The molecule has 0 aromatic rings. The van der Waals surface area contributed by atoms with Crippen molar-refractivity contribution in [3.05, 3.63) is 36.1 Å². The van der Waals surface area contributed by atoms with E-state index in [0.29, 0.717) is 17.8 Å². The summed E-state index contributed by atoms with van der Waals surface area (Å²) in [5.41, 5.74) is 2.94. The van der Waals surface area contributed by atoms with E-state index in [1.165, 1.54) is 11.3 Å². The molecule has 100 valence electrons. The topological polar surface area (TPSA) is 40.3 Å². The molecule has 0 amide bonds. The van der Waals surface area contributed by atoms with E-state index in [1.54, 1.807) is 6.08 Å². The Morgan fingerprint density at radius 2 is 2.28 bits per heavy atom. The molecule has 2 rings (SSSR count). The minimum Gasteiger partial charge on any atom is -0.361 e. The molecular weight excluding hydrogens is 246 g/mol. The van der Waals surface area contributed by atoms with Crippen LogP contribution in [0.1, 0.15) is 26.7 Å². The first-order valence-corrected chi connectivity index (χ1v) is 7.66. The van der Waals surface area contributed by atoms with Gasteiger partial charge in [0.2, 0.25) is 0 Å². The molecule has 0 aromatic carbocycles. The summed E-state index contributed by atoms with van der Waals surface area (Å²) < 4.78 is 19.9. The molecule has 3 nitrogen and oxygen atoms in total. The second-order valence-corrected chi connectivity index (χ2v) is 6.11. The minimum atomic E-state index is -1.72. The van der Waals surface area contributed by atoms with Gasteiger partial charge in [0.25, 0.3) is 0 Å². The van der Waals surface area contributed by atoms with Crippen LogP contribution in [0.3, 0.4) is 0 Å². The summed E-state index contributed by atoms with van der Waals surface area (Å²) in [4.78, 5) is 2.44. The van der Waals surface area contributed by atoms with Crippen molar-refractivity contribution in [2.45, 2.75) is 38.8 Å². The van der Waals surface area contributed by atoms with Crippen LogP contribution in [0.15, 0.2) is 36.1 Å². The van der Waals surface area contributed by atoms with Crippen LogP contribution in [0.5, 0.6) is 0 Å². The molecule has 0 radical (unpaired) electrons. The Morgan fingerprint density at radius 3 is 2.78 bits per heavy atom. The van der Waals surface area contributed by atoms with Crippen molar-refractivity contribution in [2.24, 2.45) is 5.92 Å². The highest BCUT2D eigenvalue weighted by molar-refractivity contribution is 7.79. The SMILES string of the molecule is C=CC=CC(CCC1C2C(C)=C(C)N12)CS(=O)O. The van der Waals surface area contributed by atoms with Gasteiger partial charge in [-0.05, 0) is 38.2 Å². The number of rotatable bonds is 7. The van der Waals surface area contributed by atoms with Gasteiger partial charge in [-0.15, -0.1) is 0 Å². The van der Waals surface area contributed by atoms with Crippen molar-refractivity contribution in [3.8, 4) is 0 Å². The summed E-state index contributed by atoms with van der Waals surface area (Å²) >= 11 is -1.72. The van der Waals surface area contributed by atoms with Crippen LogP contribution in [-0.4, -0.2) is 31.5 Å². The molecule has 1 N–H and O–H groups in total. The van der Waals surface area contributed by atoms with Crippen molar-refractivity contribution in [1.29, 1.82) is 0 Å². The zero-order valence-corrected chi connectivity index (χ0v) is 11.8. The summed E-state index contributed by atoms with van der Waals surface area (Å²) in [6, 6.07) is 1.32. The van der Waals surface area contributed by atoms with E-state index < -0.39 is 11.1 Å². The van der Waals surface area contributed by atoms with Gasteiger partial charge < -0.3 is 9.45 Å². The van der Waals surface area contributed by atoms with Gasteiger partial charge in [0.1, 0.15) is 0 Å². The molecule has 2 heterocycles. The molecule has 0 aliphatic carbocycles. The molecule has 18 heavy (non-hydrogen) atoms. The van der Waals surface area contributed by atoms with Gasteiger partial charge in [-0.3, -0.25) is 0 Å². The van der Waals surface area contributed by atoms with Crippen LogP contribution in [-0.2, 0) is 11.1 Å². The van der Waals surface area contributed by atoms with Crippen molar-refractivity contribution < 1.29 is 8.76 Å². The molecule has 4 unspecified atom stereocenters. The Morgan fingerprint density at radius 1 is 1.56 bits per heavy atom. The molecule has 2 aliphatic heterocycles. The third-order valence-electron chi connectivity index (χ3n) is 4.04. The number of allylic oxidation sites excluding steroid dienone is 4. The van der Waals surface area contributed by atoms with Crippen molar-refractivity contribution in [1.82, 2.24) is 4.90 Å². The smallest absolute Gasteiger partial charge is 0.153 e. The lowest BCUT2D eigenvalue weighted by molar-refractivity contribution is 0.501. The van der Waals surface area contributed by atoms with E-state index in [9.17, 15) is 4.21 Å². The lowest BCUT2D eigenvalue weighted by Gasteiger charge is -2.18. The highest BCUT2D eigenvalue weighted by atomic mass is 32.2. The summed E-state index contributed by atoms with van der Waals surface area (Å²) in [6.45, 7) is 8.01. The Labute approximate surface area is 112 Å². The first-order chi connectivity index (χ1) is 8.56. The van der Waals surface area contributed by atoms with Gasteiger partial charge >= 0.3 is 0 Å². The molecule has 0 aromatic heterocycles. The predicted octanol–water partition coefficient (Wildman–Crippen LogP) is 2.71. The van der Waals surface area contributed by atoms with Gasteiger partial charge in [-0.2, -0.15) is 0 Å². The van der Waals surface area contributed by atoms with E-state index in [4.69, 9.17) is 4.55 Å². The van der Waals surface area contributed by atoms with Crippen molar-refractivity contribution in [2.75, 3.05) is 5.75 Å². The summed E-state index contributed by atoms with van der Waals surface area (Å²) in [5, 5.41) is 0. The maximum Gasteiger partial charge on any atom is 0.153 e. The molecule has 1 saturated heterocycles. The highest BCUT2D eigenvalue weighted by Crippen LogP contribution is 2.50. The number of fused-ring (bicyclic) bond motifs is 1. The fourth-order valence-electron chi connectivity index (χ4n) is 2.92. The van der Waals surface area contributed by atoms with Gasteiger partial charge in [-0.1, -0.05) is 24.8 Å². The first-order valence-electron chi connectivity index (χ1n) is 6.38. The summed E-state index contributed by atoms with van der Waals surface area (Å²) in [6.07, 6.45) is 7.65. The Hall–Kier alpha value is -0.870. The van der Waals surface area contributed by atoms with E-state index in [1.807, 2.05) is 12.2 Å². The second kappa shape index (κ2) is 5.41. The monoisotopic (exact) mass is 267 g/mol. The third-order valence-corrected chi connectivity index (χ3v) is 4.76. The Balaban J connectivity index is 1.79. The summed E-state index contributed by atoms with van der Waals surface area (Å²) in [5.74, 6) is 0.503. The fourth-order valence-corrected chi connectivity index (χ4v) is 3.57. The second-order valence-electron chi connectivity index (χ2n) is 5.13. The number of nitrogens with zero attached hydrogens (tertiary/aromatic N) is 1. The van der Waals surface area contributed by atoms with Gasteiger partial charge in [0.05, 0.1) is 17.8 Å². The quantitative estimate of drug-likeness (QED) is 0.438. The standard InChI is InChI=1S/C14H21NO2S/c1-4-5-6-12(9-18(16)17)7-8-13-14-10(2)11(3)15(13)14/h4-6,12-14H,1,7-9H2,2-3H3,(H,16,17). The van der Waals surface area contributed by atoms with Gasteiger partial charge in [0, 0.05) is 5.70 Å². The molecule has 0 saturated carbocycles. The molecule has 4 atom stereocenters. The van der Waals surface area contributed by atoms with Crippen molar-refractivity contribution in [3.63, 3.8) is 0 Å². The summed E-state index contributed by atoms with van der Waals surface area (Å²) in [7, 11) is 0. The Kier molecular flexibility index (Phi) is 4.07. The Bertz CT molecular complexity index is 410. The lowest BCUT2D eigenvalue weighted by atomic mass is 10.0. The minimum absolute atomic E-state index is 0.177. The zero-order valence-electron chi connectivity index (χ0n) is 11.0. The molecule has 0 spiro atoms. The molecular formula is C14H21NO2S. The molecule has 4 heteroatoms. The molecule has 1 fully saturated rings. The van der Waals surface area contributed by atoms with E-state index >= 15 is 0 Å². The van der Waals surface area contributed by atoms with E-state index in [2.05, 4.69) is 25.3 Å². The van der Waals surface area contributed by atoms with E-state index in [-0.39, 0.29) is 5.92 Å². The van der Waals surface area contributed by atoms with Crippen LogP contribution in [0, 0.1) is 5.92 Å². The molecule has 2 aliphatic rings. The van der Waals surface area contributed by atoms with Gasteiger partial charge in [-0.25, -0.2) is 4.21 Å². The third kappa shape index (κ3) is 2.59. The largest absolute Gasteiger partial charge is 0.361 e. The normalized spacial score (nSPS) is 28.9. The maximum atomic E-state index is 10.9. The highest BCUT2D eigenvalue weighted by Gasteiger charge is 2.55. The average Bonchev–Trinajstić information content (AvgIpc) is 3.01. The number of hydrogen-bond donors (Lipinski definition) is 1. The maximum absolute atomic E-state index is 10.9. The molecule has 0 bridgehead atoms. The number of hydrogen-bond acceptors (Lipinski definition) is 2. The fraction of sp³-hybridized carbons (Fsp3) is 0.571. The zero-order chi connectivity index (χ0) is 13.3. The van der Waals surface area contributed by atoms with Crippen molar-refractivity contribution >= 4 is 11.1 Å². The average molecular weight is 267 g/mol. The van der Waals surface area contributed by atoms with Crippen LogP contribution >= 0.6 is 0 Å². The van der Waals surface area contributed by atoms with Crippen LogP contribution in [0.2, 0.25) is 0 Å². The van der Waals surface area contributed by atoms with Crippen LogP contribution < -0.4 is 0 Å².